The first kappa shape index (κ1) is 22.8. The van der Waals surface area contributed by atoms with Crippen LogP contribution in [0, 0.1) is 0 Å². The minimum atomic E-state index is -0.735. The quantitative estimate of drug-likeness (QED) is 0.385. The number of likely N-dealkylation sites (tertiary alicyclic amines) is 1. The predicted molar refractivity (Wildman–Crippen MR) is 120 cm³/mol. The minimum Gasteiger partial charge on any atom is -0.507 e. The highest BCUT2D eigenvalue weighted by atomic mass is 16.5. The van der Waals surface area contributed by atoms with Crippen LogP contribution in [-0.4, -0.2) is 85.2 Å². The number of carbonyl (C=O) groups is 2. The normalized spacial score (nSPS) is 20.8. The summed E-state index contributed by atoms with van der Waals surface area (Å²) < 4.78 is 16.0. The highest BCUT2D eigenvalue weighted by Gasteiger charge is 2.46. The van der Waals surface area contributed by atoms with Gasteiger partial charge in [-0.3, -0.25) is 19.5 Å². The largest absolute Gasteiger partial charge is 0.507 e. The Morgan fingerprint density at radius 3 is 2.48 bits per heavy atom. The number of morpholine rings is 1. The molecule has 9 nitrogen and oxygen atoms in total. The van der Waals surface area contributed by atoms with Gasteiger partial charge in [0.05, 0.1) is 44.6 Å². The van der Waals surface area contributed by atoms with Gasteiger partial charge < -0.3 is 24.2 Å². The van der Waals surface area contributed by atoms with Gasteiger partial charge in [0.15, 0.2) is 0 Å². The number of hydrogen-bond donors (Lipinski definition) is 1. The summed E-state index contributed by atoms with van der Waals surface area (Å²) in [4.78, 5) is 34.0. The van der Waals surface area contributed by atoms with Crippen LogP contribution in [0.4, 0.5) is 0 Å². The summed E-state index contributed by atoms with van der Waals surface area (Å²) in [6.45, 7) is 3.77. The molecule has 4 rings (SSSR count). The number of amides is 1. The molecule has 1 aromatic carbocycles. The molecule has 9 heteroatoms. The number of benzene rings is 1. The van der Waals surface area contributed by atoms with Crippen LogP contribution < -0.4 is 9.47 Å². The lowest BCUT2D eigenvalue weighted by Gasteiger charge is -2.31. The predicted octanol–water partition coefficient (Wildman–Crippen LogP) is 1.85. The number of ether oxygens (including phenoxy) is 3. The Kier molecular flexibility index (Phi) is 6.90. The van der Waals surface area contributed by atoms with Crippen LogP contribution in [0.25, 0.3) is 5.76 Å². The Labute approximate surface area is 192 Å². The highest BCUT2D eigenvalue weighted by Crippen LogP contribution is 2.41. The van der Waals surface area contributed by atoms with Crippen LogP contribution in [0.15, 0.2) is 48.3 Å². The average Bonchev–Trinajstić information content (AvgIpc) is 3.12. The van der Waals surface area contributed by atoms with Crippen molar-refractivity contribution in [2.24, 2.45) is 0 Å². The van der Waals surface area contributed by atoms with E-state index in [0.29, 0.717) is 48.9 Å². The van der Waals surface area contributed by atoms with Gasteiger partial charge in [-0.05, 0) is 29.8 Å². The van der Waals surface area contributed by atoms with E-state index < -0.39 is 17.7 Å². The highest BCUT2D eigenvalue weighted by molar-refractivity contribution is 6.46. The van der Waals surface area contributed by atoms with E-state index in [9.17, 15) is 14.7 Å². The molecule has 33 heavy (non-hydrogen) atoms. The molecule has 3 heterocycles. The first-order chi connectivity index (χ1) is 16.0. The maximum atomic E-state index is 13.2. The van der Waals surface area contributed by atoms with Crippen molar-refractivity contribution in [2.45, 2.75) is 6.04 Å². The van der Waals surface area contributed by atoms with Crippen LogP contribution in [0.2, 0.25) is 0 Å². The van der Waals surface area contributed by atoms with Gasteiger partial charge in [0, 0.05) is 44.6 Å². The van der Waals surface area contributed by atoms with Gasteiger partial charge in [-0.25, -0.2) is 0 Å². The van der Waals surface area contributed by atoms with E-state index in [1.54, 1.807) is 42.7 Å². The summed E-state index contributed by atoms with van der Waals surface area (Å²) in [5.74, 6) is -0.781. The molecule has 1 N–H and O–H groups in total. The van der Waals surface area contributed by atoms with Crippen molar-refractivity contribution in [3.05, 3.63) is 59.4 Å². The Bertz CT molecular complexity index is 1050. The molecule has 2 fully saturated rings. The number of nitrogens with zero attached hydrogens (tertiary/aromatic N) is 3. The van der Waals surface area contributed by atoms with E-state index in [1.807, 2.05) is 0 Å². The zero-order valence-corrected chi connectivity index (χ0v) is 18.7. The van der Waals surface area contributed by atoms with Crippen molar-refractivity contribution < 1.29 is 28.9 Å². The van der Waals surface area contributed by atoms with Crippen LogP contribution >= 0.6 is 0 Å². The number of methoxy groups -OCH3 is 2. The SMILES string of the molecule is COc1ccc(/C(O)=C2\C(=O)C(=O)N(CCN3CCOCC3)[C@@H]2c2ccncc2)c(OC)c1. The maximum absolute atomic E-state index is 13.2. The third-order valence-corrected chi connectivity index (χ3v) is 5.99. The zero-order valence-electron chi connectivity index (χ0n) is 18.7. The molecule has 1 atom stereocenters. The van der Waals surface area contributed by atoms with Crippen molar-refractivity contribution in [3.8, 4) is 11.5 Å². The van der Waals surface area contributed by atoms with Gasteiger partial charge in [-0.1, -0.05) is 0 Å². The first-order valence-electron chi connectivity index (χ1n) is 10.8. The van der Waals surface area contributed by atoms with Crippen molar-refractivity contribution in [3.63, 3.8) is 0 Å². The van der Waals surface area contributed by atoms with E-state index >= 15 is 0 Å². The number of Topliss-reactive ketones (excluding diaryl/α,β-unsaturated/α-hetero) is 1. The lowest BCUT2D eigenvalue weighted by molar-refractivity contribution is -0.140. The third-order valence-electron chi connectivity index (χ3n) is 5.99. The maximum Gasteiger partial charge on any atom is 0.295 e. The molecule has 1 aromatic heterocycles. The molecule has 0 radical (unpaired) electrons. The fraction of sp³-hybridized carbons (Fsp3) is 0.375. The van der Waals surface area contributed by atoms with Gasteiger partial charge >= 0.3 is 0 Å². The molecule has 0 bridgehead atoms. The number of aliphatic hydroxyl groups excluding tert-OH is 1. The monoisotopic (exact) mass is 453 g/mol. The number of ketones is 1. The Morgan fingerprint density at radius 2 is 1.82 bits per heavy atom. The van der Waals surface area contributed by atoms with Crippen molar-refractivity contribution in [1.82, 2.24) is 14.8 Å². The molecule has 2 aromatic rings. The van der Waals surface area contributed by atoms with Gasteiger partial charge in [-0.15, -0.1) is 0 Å². The zero-order chi connectivity index (χ0) is 23.4. The van der Waals surface area contributed by atoms with Crippen LogP contribution in [0.5, 0.6) is 11.5 Å². The number of rotatable bonds is 7. The Hall–Kier alpha value is -3.43. The lowest BCUT2D eigenvalue weighted by Crippen LogP contribution is -2.42. The Balaban J connectivity index is 1.75. The molecule has 0 aliphatic carbocycles. The summed E-state index contributed by atoms with van der Waals surface area (Å²) in [5.41, 5.74) is 1.03. The molecule has 2 saturated heterocycles. The smallest absolute Gasteiger partial charge is 0.295 e. The van der Waals surface area contributed by atoms with E-state index in [4.69, 9.17) is 14.2 Å². The Morgan fingerprint density at radius 1 is 1.09 bits per heavy atom. The van der Waals surface area contributed by atoms with E-state index in [0.717, 1.165) is 13.1 Å². The first-order valence-corrected chi connectivity index (χ1v) is 10.8. The molecule has 1 amide bonds. The van der Waals surface area contributed by atoms with Crippen molar-refractivity contribution >= 4 is 17.4 Å². The number of aromatic nitrogens is 1. The van der Waals surface area contributed by atoms with E-state index in [-0.39, 0.29) is 11.3 Å². The summed E-state index contributed by atoms with van der Waals surface area (Å²) in [7, 11) is 2.99. The molecule has 0 unspecified atom stereocenters. The number of carbonyl (C=O) groups excluding carboxylic acids is 2. The summed E-state index contributed by atoms with van der Waals surface area (Å²) in [5, 5.41) is 11.3. The molecular formula is C24H27N3O6. The van der Waals surface area contributed by atoms with Gasteiger partial charge in [0.2, 0.25) is 0 Å². The average molecular weight is 453 g/mol. The van der Waals surface area contributed by atoms with E-state index in [2.05, 4.69) is 9.88 Å². The number of hydrogen-bond acceptors (Lipinski definition) is 8. The van der Waals surface area contributed by atoms with Crippen molar-refractivity contribution in [1.29, 1.82) is 0 Å². The van der Waals surface area contributed by atoms with Gasteiger partial charge in [0.25, 0.3) is 11.7 Å². The van der Waals surface area contributed by atoms with Gasteiger partial charge in [-0.2, -0.15) is 0 Å². The van der Waals surface area contributed by atoms with Gasteiger partial charge in [0.1, 0.15) is 17.3 Å². The van der Waals surface area contributed by atoms with Crippen LogP contribution in [0.3, 0.4) is 0 Å². The topological polar surface area (TPSA) is 101 Å². The second kappa shape index (κ2) is 10.0. The molecule has 2 aliphatic heterocycles. The summed E-state index contributed by atoms with van der Waals surface area (Å²) >= 11 is 0. The molecular weight excluding hydrogens is 426 g/mol. The summed E-state index contributed by atoms with van der Waals surface area (Å²) in [6.07, 6.45) is 3.21. The summed E-state index contributed by atoms with van der Waals surface area (Å²) in [6, 6.07) is 7.64. The molecule has 2 aliphatic rings. The molecule has 0 saturated carbocycles. The number of pyridine rings is 1. The van der Waals surface area contributed by atoms with E-state index in [1.165, 1.54) is 19.1 Å². The molecule has 174 valence electrons. The standard InChI is InChI=1S/C24H27N3O6/c1-31-17-3-4-18(19(15-17)32-2)22(28)20-21(16-5-7-25-8-6-16)27(24(30)23(20)29)10-9-26-11-13-33-14-12-26/h3-8,15,21,28H,9-14H2,1-2H3/b22-20+/t21-/m1/s1. The lowest BCUT2D eigenvalue weighted by atomic mass is 9.95. The van der Waals surface area contributed by atoms with Crippen molar-refractivity contribution in [2.75, 3.05) is 53.6 Å². The second-order valence-electron chi connectivity index (χ2n) is 7.79. The second-order valence-corrected chi connectivity index (χ2v) is 7.79. The van der Waals surface area contributed by atoms with Crippen LogP contribution in [-0.2, 0) is 14.3 Å². The third kappa shape index (κ3) is 4.55. The number of aliphatic hydroxyl groups is 1. The molecule has 0 spiro atoms. The fourth-order valence-corrected chi connectivity index (χ4v) is 4.22. The van der Waals surface area contributed by atoms with Crippen LogP contribution in [0.1, 0.15) is 17.2 Å². The fourth-order valence-electron chi connectivity index (χ4n) is 4.22. The minimum absolute atomic E-state index is 0.0247.